The Kier molecular flexibility index (Phi) is 5.24. The SMILES string of the molecule is O=C(O)C(O)c1cc([N+](=O)[O-])ccc1CCCBr. The van der Waals surface area contributed by atoms with Gasteiger partial charge in [0.25, 0.3) is 5.69 Å². The number of aliphatic carboxylic acids is 1. The van der Waals surface area contributed by atoms with Crippen LogP contribution >= 0.6 is 15.9 Å². The second-order valence-electron chi connectivity index (χ2n) is 3.67. The fourth-order valence-electron chi connectivity index (χ4n) is 1.57. The van der Waals surface area contributed by atoms with Gasteiger partial charge in [0.15, 0.2) is 6.10 Å². The Hall–Kier alpha value is -1.47. The van der Waals surface area contributed by atoms with Crippen LogP contribution < -0.4 is 0 Å². The summed E-state index contributed by atoms with van der Waals surface area (Å²) < 4.78 is 0. The number of carboxylic acids is 1. The van der Waals surface area contributed by atoms with Gasteiger partial charge in [-0.05, 0) is 18.4 Å². The van der Waals surface area contributed by atoms with Crippen molar-refractivity contribution >= 4 is 27.6 Å². The number of nitro benzene ring substituents is 1. The van der Waals surface area contributed by atoms with E-state index in [4.69, 9.17) is 5.11 Å². The van der Waals surface area contributed by atoms with Crippen molar-refractivity contribution in [2.45, 2.75) is 18.9 Å². The van der Waals surface area contributed by atoms with E-state index in [-0.39, 0.29) is 11.3 Å². The molecule has 1 atom stereocenters. The Morgan fingerprint density at radius 3 is 2.67 bits per heavy atom. The molecule has 0 heterocycles. The molecule has 0 amide bonds. The Bertz CT molecular complexity index is 463. The van der Waals surface area contributed by atoms with Crippen LogP contribution in [0.1, 0.15) is 23.7 Å². The number of benzene rings is 1. The molecule has 98 valence electrons. The summed E-state index contributed by atoms with van der Waals surface area (Å²) in [7, 11) is 0. The highest BCUT2D eigenvalue weighted by Gasteiger charge is 2.22. The van der Waals surface area contributed by atoms with Crippen LogP contribution in [0, 0.1) is 10.1 Å². The smallest absolute Gasteiger partial charge is 0.337 e. The summed E-state index contributed by atoms with van der Waals surface area (Å²) in [6, 6.07) is 3.91. The maximum Gasteiger partial charge on any atom is 0.337 e. The lowest BCUT2D eigenvalue weighted by atomic mass is 9.98. The summed E-state index contributed by atoms with van der Waals surface area (Å²) in [5.74, 6) is -1.42. The molecule has 2 N–H and O–H groups in total. The molecule has 0 saturated heterocycles. The van der Waals surface area contributed by atoms with Gasteiger partial charge in [-0.2, -0.15) is 0 Å². The number of aryl methyl sites for hydroxylation is 1. The molecule has 6 nitrogen and oxygen atoms in total. The van der Waals surface area contributed by atoms with E-state index in [9.17, 15) is 20.0 Å². The molecule has 0 aliphatic carbocycles. The van der Waals surface area contributed by atoms with Crippen molar-refractivity contribution in [3.8, 4) is 0 Å². The molecule has 18 heavy (non-hydrogen) atoms. The normalized spacial score (nSPS) is 12.1. The molecule has 1 aromatic rings. The largest absolute Gasteiger partial charge is 0.479 e. The van der Waals surface area contributed by atoms with Gasteiger partial charge in [0.1, 0.15) is 0 Å². The third kappa shape index (κ3) is 3.51. The highest BCUT2D eigenvalue weighted by atomic mass is 79.9. The Morgan fingerprint density at radius 1 is 1.50 bits per heavy atom. The molecule has 0 aliphatic heterocycles. The van der Waals surface area contributed by atoms with E-state index in [1.807, 2.05) is 0 Å². The van der Waals surface area contributed by atoms with Gasteiger partial charge in [0.2, 0.25) is 0 Å². The molecular formula is C11H12BrNO5. The van der Waals surface area contributed by atoms with Crippen molar-refractivity contribution in [3.05, 3.63) is 39.4 Å². The zero-order valence-corrected chi connectivity index (χ0v) is 11.0. The summed E-state index contributed by atoms with van der Waals surface area (Å²) in [5, 5.41) is 29.7. The quantitative estimate of drug-likeness (QED) is 0.475. The first-order chi connectivity index (χ1) is 8.47. The van der Waals surface area contributed by atoms with Crippen molar-refractivity contribution in [3.63, 3.8) is 0 Å². The number of carbonyl (C=O) groups is 1. The number of hydrogen-bond acceptors (Lipinski definition) is 4. The summed E-state index contributed by atoms with van der Waals surface area (Å²) in [5.41, 5.74) is 0.459. The first-order valence-corrected chi connectivity index (χ1v) is 6.33. The number of hydrogen-bond donors (Lipinski definition) is 2. The van der Waals surface area contributed by atoms with Crippen molar-refractivity contribution in [2.24, 2.45) is 0 Å². The van der Waals surface area contributed by atoms with Crippen LogP contribution in [0.15, 0.2) is 18.2 Å². The molecule has 1 aromatic carbocycles. The van der Waals surface area contributed by atoms with E-state index in [1.54, 1.807) is 0 Å². The van der Waals surface area contributed by atoms with Crippen LogP contribution in [-0.4, -0.2) is 26.4 Å². The monoisotopic (exact) mass is 317 g/mol. The molecular weight excluding hydrogens is 306 g/mol. The minimum atomic E-state index is -1.74. The van der Waals surface area contributed by atoms with Crippen molar-refractivity contribution < 1.29 is 19.9 Å². The summed E-state index contributed by atoms with van der Waals surface area (Å²) in [6.07, 6.45) is -0.449. The number of halogens is 1. The summed E-state index contributed by atoms with van der Waals surface area (Å²) in [4.78, 5) is 20.8. The first-order valence-electron chi connectivity index (χ1n) is 5.21. The van der Waals surface area contributed by atoms with E-state index in [1.165, 1.54) is 12.1 Å². The molecule has 0 radical (unpaired) electrons. The number of aliphatic hydroxyl groups is 1. The fourth-order valence-corrected chi connectivity index (χ4v) is 1.85. The van der Waals surface area contributed by atoms with E-state index in [0.29, 0.717) is 12.0 Å². The van der Waals surface area contributed by atoms with E-state index < -0.39 is 17.0 Å². The van der Waals surface area contributed by atoms with Gasteiger partial charge in [-0.1, -0.05) is 22.0 Å². The molecule has 0 aromatic heterocycles. The molecule has 7 heteroatoms. The van der Waals surface area contributed by atoms with Crippen LogP contribution in [0.25, 0.3) is 0 Å². The standard InChI is InChI=1S/C11H12BrNO5/c12-5-1-2-7-3-4-8(13(17)18)6-9(7)10(14)11(15)16/h3-4,6,10,14H,1-2,5H2,(H,15,16). The molecule has 0 aliphatic rings. The van der Waals surface area contributed by atoms with Gasteiger partial charge in [-0.15, -0.1) is 0 Å². The average Bonchev–Trinajstić information content (AvgIpc) is 2.34. The number of rotatable bonds is 6. The Labute approximate surface area is 112 Å². The fraction of sp³-hybridized carbons (Fsp3) is 0.364. The van der Waals surface area contributed by atoms with Crippen LogP contribution in [0.4, 0.5) is 5.69 Å². The van der Waals surface area contributed by atoms with Crippen LogP contribution in [-0.2, 0) is 11.2 Å². The van der Waals surface area contributed by atoms with Gasteiger partial charge in [-0.25, -0.2) is 4.79 Å². The van der Waals surface area contributed by atoms with Crippen LogP contribution in [0.3, 0.4) is 0 Å². The number of aliphatic hydroxyl groups excluding tert-OH is 1. The van der Waals surface area contributed by atoms with Gasteiger partial charge in [-0.3, -0.25) is 10.1 Å². The average molecular weight is 318 g/mol. The number of alkyl halides is 1. The first kappa shape index (κ1) is 14.6. The molecule has 0 bridgehead atoms. The number of nitrogens with zero attached hydrogens (tertiary/aromatic N) is 1. The third-order valence-corrected chi connectivity index (χ3v) is 3.01. The predicted octanol–water partition coefficient (Wildman–Crippen LogP) is 2.04. The Balaban J connectivity index is 3.17. The molecule has 0 fully saturated rings. The number of carboxylic acid groups (broad SMARTS) is 1. The number of nitro groups is 1. The number of non-ortho nitro benzene ring substituents is 1. The van der Waals surface area contributed by atoms with Crippen molar-refractivity contribution in [1.82, 2.24) is 0 Å². The molecule has 1 rings (SSSR count). The van der Waals surface area contributed by atoms with E-state index in [2.05, 4.69) is 15.9 Å². The van der Waals surface area contributed by atoms with E-state index in [0.717, 1.165) is 17.8 Å². The zero-order valence-electron chi connectivity index (χ0n) is 9.38. The Morgan fingerprint density at radius 2 is 2.17 bits per heavy atom. The van der Waals surface area contributed by atoms with Gasteiger partial charge >= 0.3 is 5.97 Å². The van der Waals surface area contributed by atoms with Gasteiger partial charge < -0.3 is 10.2 Å². The summed E-state index contributed by atoms with van der Waals surface area (Å²) in [6.45, 7) is 0. The minimum Gasteiger partial charge on any atom is -0.479 e. The summed E-state index contributed by atoms with van der Waals surface area (Å²) >= 11 is 3.25. The lowest BCUT2D eigenvalue weighted by Gasteiger charge is -2.11. The maximum atomic E-state index is 10.8. The van der Waals surface area contributed by atoms with E-state index >= 15 is 0 Å². The van der Waals surface area contributed by atoms with Gasteiger partial charge in [0.05, 0.1) is 4.92 Å². The lowest BCUT2D eigenvalue weighted by molar-refractivity contribution is -0.385. The second-order valence-corrected chi connectivity index (χ2v) is 4.47. The molecule has 0 saturated carbocycles. The zero-order chi connectivity index (χ0) is 13.7. The molecule has 0 spiro atoms. The van der Waals surface area contributed by atoms with Gasteiger partial charge in [0, 0.05) is 23.0 Å². The topological polar surface area (TPSA) is 101 Å². The lowest BCUT2D eigenvalue weighted by Crippen LogP contribution is -2.13. The third-order valence-electron chi connectivity index (χ3n) is 2.45. The predicted molar refractivity (Wildman–Crippen MR) is 67.8 cm³/mol. The van der Waals surface area contributed by atoms with Crippen LogP contribution in [0.5, 0.6) is 0 Å². The minimum absolute atomic E-state index is 0.0812. The highest BCUT2D eigenvalue weighted by Crippen LogP contribution is 2.25. The van der Waals surface area contributed by atoms with Crippen molar-refractivity contribution in [2.75, 3.05) is 5.33 Å². The second kappa shape index (κ2) is 6.46. The maximum absolute atomic E-state index is 10.8. The molecule has 1 unspecified atom stereocenters. The van der Waals surface area contributed by atoms with Crippen molar-refractivity contribution in [1.29, 1.82) is 0 Å². The van der Waals surface area contributed by atoms with Crippen LogP contribution in [0.2, 0.25) is 0 Å². The highest BCUT2D eigenvalue weighted by molar-refractivity contribution is 9.09.